The minimum absolute atomic E-state index is 0.0774. The van der Waals surface area contributed by atoms with Crippen LogP contribution in [0.3, 0.4) is 0 Å². The van der Waals surface area contributed by atoms with Crippen molar-refractivity contribution in [1.29, 1.82) is 0 Å². The molecule has 3 rings (SSSR count). The van der Waals surface area contributed by atoms with Gasteiger partial charge in [0.1, 0.15) is 0 Å². The molecule has 23 heavy (non-hydrogen) atoms. The zero-order chi connectivity index (χ0) is 16.4. The molecule has 128 valence electrons. The molecule has 2 aliphatic rings. The van der Waals surface area contributed by atoms with Crippen LogP contribution >= 0.6 is 0 Å². The Morgan fingerprint density at radius 1 is 1.35 bits per heavy atom. The summed E-state index contributed by atoms with van der Waals surface area (Å²) < 4.78 is 27.4. The van der Waals surface area contributed by atoms with E-state index in [0.29, 0.717) is 12.1 Å². The van der Waals surface area contributed by atoms with E-state index in [0.717, 1.165) is 50.8 Å². The minimum atomic E-state index is -3.21. The highest BCUT2D eigenvalue weighted by atomic mass is 32.2. The summed E-state index contributed by atoms with van der Waals surface area (Å²) in [7, 11) is -3.21. The van der Waals surface area contributed by atoms with E-state index in [2.05, 4.69) is 15.1 Å². The minimum Gasteiger partial charge on any atom is -0.352 e. The lowest BCUT2D eigenvalue weighted by molar-refractivity contribution is 0.0944. The fourth-order valence-electron chi connectivity index (χ4n) is 3.64. The van der Waals surface area contributed by atoms with Crippen LogP contribution in [0, 0.1) is 5.92 Å². The maximum absolute atomic E-state index is 12.4. The van der Waals surface area contributed by atoms with Gasteiger partial charge in [0.05, 0.1) is 23.7 Å². The lowest BCUT2D eigenvalue weighted by Crippen LogP contribution is -2.41. The lowest BCUT2D eigenvalue weighted by atomic mass is 10.0. The van der Waals surface area contributed by atoms with Gasteiger partial charge in [0, 0.05) is 19.1 Å². The summed E-state index contributed by atoms with van der Waals surface area (Å²) >= 11 is 0. The molecule has 7 nitrogen and oxygen atoms in total. The van der Waals surface area contributed by atoms with Gasteiger partial charge in [0.2, 0.25) is 10.0 Å². The summed E-state index contributed by atoms with van der Waals surface area (Å²) in [4.78, 5) is 12.4. The maximum atomic E-state index is 12.4. The number of aryl methyl sites for hydroxylation is 1. The quantitative estimate of drug-likeness (QED) is 0.824. The molecule has 0 saturated heterocycles. The van der Waals surface area contributed by atoms with Crippen LogP contribution in [0.4, 0.5) is 0 Å². The zero-order valence-electron chi connectivity index (χ0n) is 13.4. The lowest BCUT2D eigenvalue weighted by Gasteiger charge is -2.20. The molecule has 2 atom stereocenters. The van der Waals surface area contributed by atoms with Crippen LogP contribution in [0.25, 0.3) is 0 Å². The zero-order valence-corrected chi connectivity index (χ0v) is 14.2. The van der Waals surface area contributed by atoms with Gasteiger partial charge in [-0.3, -0.25) is 9.48 Å². The number of nitrogens with one attached hydrogen (secondary N) is 2. The number of carbonyl (C=O) groups is 1. The molecule has 1 amide bonds. The normalized spacial score (nSPS) is 24.4. The van der Waals surface area contributed by atoms with Crippen molar-refractivity contribution < 1.29 is 13.2 Å². The van der Waals surface area contributed by atoms with Crippen molar-refractivity contribution in [3.63, 3.8) is 0 Å². The third-order valence-electron chi connectivity index (χ3n) is 4.78. The standard InChI is InChI=1S/C15H24N4O3S/c1-23(21,22)18-13-6-4-5-11(13)9-16-15(20)12-10-17-19-8-3-2-7-14(12)19/h10-11,13,18H,2-9H2,1H3,(H,16,20). The number of rotatable bonds is 5. The Bertz CT molecular complexity index is 683. The number of sulfonamides is 1. The second-order valence-electron chi connectivity index (χ2n) is 6.58. The summed E-state index contributed by atoms with van der Waals surface area (Å²) in [6.07, 6.45) is 8.67. The number of nitrogens with zero attached hydrogens (tertiary/aromatic N) is 2. The van der Waals surface area contributed by atoms with Gasteiger partial charge < -0.3 is 5.32 Å². The number of amides is 1. The number of hydrogen-bond acceptors (Lipinski definition) is 4. The number of aromatic nitrogens is 2. The fourth-order valence-corrected chi connectivity index (χ4v) is 4.50. The van der Waals surface area contributed by atoms with Gasteiger partial charge in [-0.15, -0.1) is 0 Å². The van der Waals surface area contributed by atoms with Crippen LogP contribution in [0.15, 0.2) is 6.20 Å². The van der Waals surface area contributed by atoms with Gasteiger partial charge in [0.25, 0.3) is 5.91 Å². The van der Waals surface area contributed by atoms with Crippen LogP contribution in [-0.4, -0.2) is 42.9 Å². The van der Waals surface area contributed by atoms with Gasteiger partial charge in [-0.2, -0.15) is 5.10 Å². The van der Waals surface area contributed by atoms with Crippen LogP contribution in [0.2, 0.25) is 0 Å². The van der Waals surface area contributed by atoms with Gasteiger partial charge >= 0.3 is 0 Å². The van der Waals surface area contributed by atoms with Crippen LogP contribution in [-0.2, 0) is 23.0 Å². The number of hydrogen-bond donors (Lipinski definition) is 2. The molecule has 1 aromatic heterocycles. The van der Waals surface area contributed by atoms with E-state index in [-0.39, 0.29) is 17.9 Å². The Kier molecular flexibility index (Phi) is 4.72. The van der Waals surface area contributed by atoms with Gasteiger partial charge in [-0.1, -0.05) is 6.42 Å². The molecule has 0 bridgehead atoms. The number of carbonyl (C=O) groups excluding carboxylic acids is 1. The Balaban J connectivity index is 1.59. The molecule has 2 unspecified atom stereocenters. The van der Waals surface area contributed by atoms with Gasteiger partial charge in [-0.25, -0.2) is 13.1 Å². The van der Waals surface area contributed by atoms with E-state index < -0.39 is 10.0 Å². The first-order valence-corrected chi connectivity index (χ1v) is 10.1. The number of fused-ring (bicyclic) bond motifs is 1. The molecule has 1 aliphatic heterocycles. The SMILES string of the molecule is CS(=O)(=O)NC1CCCC1CNC(=O)c1cnn2c1CCCC2. The average Bonchev–Trinajstić information content (AvgIpc) is 3.09. The molecule has 0 spiro atoms. The Morgan fingerprint density at radius 2 is 2.17 bits per heavy atom. The topological polar surface area (TPSA) is 93.1 Å². The van der Waals surface area contributed by atoms with Crippen molar-refractivity contribution in [3.05, 3.63) is 17.5 Å². The fraction of sp³-hybridized carbons (Fsp3) is 0.733. The van der Waals surface area contributed by atoms with Crippen LogP contribution in [0.5, 0.6) is 0 Å². The highest BCUT2D eigenvalue weighted by molar-refractivity contribution is 7.88. The smallest absolute Gasteiger partial charge is 0.254 e. The Hall–Kier alpha value is -1.41. The molecule has 2 heterocycles. The van der Waals surface area contributed by atoms with E-state index in [1.54, 1.807) is 6.20 Å². The Morgan fingerprint density at radius 3 is 2.96 bits per heavy atom. The summed E-state index contributed by atoms with van der Waals surface area (Å²) in [5, 5.41) is 7.25. The predicted molar refractivity (Wildman–Crippen MR) is 86.6 cm³/mol. The van der Waals surface area contributed by atoms with Crippen LogP contribution < -0.4 is 10.0 Å². The van der Waals surface area contributed by atoms with E-state index in [1.807, 2.05) is 4.68 Å². The van der Waals surface area contributed by atoms with Gasteiger partial charge in [0.15, 0.2) is 0 Å². The molecule has 1 aromatic rings. The van der Waals surface area contributed by atoms with Crippen molar-refractivity contribution in [3.8, 4) is 0 Å². The monoisotopic (exact) mass is 340 g/mol. The van der Waals surface area contributed by atoms with E-state index >= 15 is 0 Å². The van der Waals surface area contributed by atoms with Crippen molar-refractivity contribution in [2.75, 3.05) is 12.8 Å². The largest absolute Gasteiger partial charge is 0.352 e. The highest BCUT2D eigenvalue weighted by Crippen LogP contribution is 2.26. The molecule has 1 aliphatic carbocycles. The van der Waals surface area contributed by atoms with Gasteiger partial charge in [-0.05, 0) is 38.0 Å². The van der Waals surface area contributed by atoms with Crippen LogP contribution in [0.1, 0.15) is 48.2 Å². The first-order valence-electron chi connectivity index (χ1n) is 8.24. The molecule has 1 fully saturated rings. The first-order chi connectivity index (χ1) is 10.9. The third-order valence-corrected chi connectivity index (χ3v) is 5.51. The molecule has 0 radical (unpaired) electrons. The van der Waals surface area contributed by atoms with Crippen molar-refractivity contribution >= 4 is 15.9 Å². The maximum Gasteiger partial charge on any atom is 0.254 e. The Labute approximate surface area is 136 Å². The molecule has 1 saturated carbocycles. The van der Waals surface area contributed by atoms with E-state index in [9.17, 15) is 13.2 Å². The summed E-state index contributed by atoms with van der Waals surface area (Å²) in [5.41, 5.74) is 1.68. The van der Waals surface area contributed by atoms with E-state index in [1.165, 1.54) is 6.26 Å². The van der Waals surface area contributed by atoms with Crippen molar-refractivity contribution in [2.45, 2.75) is 51.1 Å². The third kappa shape index (κ3) is 3.92. The summed E-state index contributed by atoms with van der Waals surface area (Å²) in [6, 6.07) is -0.0774. The molecular formula is C15H24N4O3S. The average molecular weight is 340 g/mol. The molecule has 2 N–H and O–H groups in total. The van der Waals surface area contributed by atoms with E-state index in [4.69, 9.17) is 0 Å². The molecule has 8 heteroatoms. The summed E-state index contributed by atoms with van der Waals surface area (Å²) in [5.74, 6) is 0.0539. The molecule has 0 aromatic carbocycles. The second kappa shape index (κ2) is 6.60. The van der Waals surface area contributed by atoms with Crippen molar-refractivity contribution in [2.24, 2.45) is 5.92 Å². The molecular weight excluding hydrogens is 316 g/mol. The van der Waals surface area contributed by atoms with Crippen molar-refractivity contribution in [1.82, 2.24) is 19.8 Å². The highest BCUT2D eigenvalue weighted by Gasteiger charge is 2.30. The summed E-state index contributed by atoms with van der Waals surface area (Å²) in [6.45, 7) is 1.38. The predicted octanol–water partition coefficient (Wildman–Crippen LogP) is 0.667. The first kappa shape index (κ1) is 16.4. The second-order valence-corrected chi connectivity index (χ2v) is 8.36.